The number of aromatic nitrogens is 1. The van der Waals surface area contributed by atoms with Crippen LogP contribution in [0.15, 0.2) is 28.9 Å². The summed E-state index contributed by atoms with van der Waals surface area (Å²) in [4.78, 5) is 14.8. The van der Waals surface area contributed by atoms with Gasteiger partial charge in [0.1, 0.15) is 11.1 Å². The maximum atomic E-state index is 10.8. The van der Waals surface area contributed by atoms with Gasteiger partial charge in [-0.15, -0.1) is 0 Å². The average molecular weight is 268 g/mol. The van der Waals surface area contributed by atoms with Gasteiger partial charge < -0.3 is 10.2 Å². The Balaban J connectivity index is 2.90. The molecule has 0 aliphatic carbocycles. The van der Waals surface area contributed by atoms with Crippen molar-refractivity contribution in [3.63, 3.8) is 0 Å². The first-order valence-corrected chi connectivity index (χ1v) is 4.90. The van der Waals surface area contributed by atoms with Crippen molar-refractivity contribution in [3.8, 4) is 5.75 Å². The summed E-state index contributed by atoms with van der Waals surface area (Å²) < 4.78 is 0.598. The molecule has 4 nitrogen and oxygen atoms in total. The van der Waals surface area contributed by atoms with Gasteiger partial charge in [0.25, 0.3) is 0 Å². The molecule has 1 aromatic carbocycles. The summed E-state index contributed by atoms with van der Waals surface area (Å²) in [6.07, 6.45) is 1.50. The van der Waals surface area contributed by atoms with E-state index in [4.69, 9.17) is 5.11 Å². The van der Waals surface area contributed by atoms with E-state index in [1.807, 2.05) is 0 Å². The molecular weight excluding hydrogens is 262 g/mol. The van der Waals surface area contributed by atoms with Crippen LogP contribution in [0.2, 0.25) is 0 Å². The van der Waals surface area contributed by atoms with Crippen molar-refractivity contribution in [1.82, 2.24) is 4.98 Å². The molecule has 0 aliphatic rings. The van der Waals surface area contributed by atoms with Gasteiger partial charge in [-0.25, -0.2) is 4.79 Å². The summed E-state index contributed by atoms with van der Waals surface area (Å²) in [6.45, 7) is 0. The molecule has 0 saturated carbocycles. The van der Waals surface area contributed by atoms with Gasteiger partial charge in [0.2, 0.25) is 0 Å². The summed E-state index contributed by atoms with van der Waals surface area (Å²) in [5.41, 5.74) is 0.123. The van der Waals surface area contributed by atoms with Crippen LogP contribution in [0.25, 0.3) is 10.9 Å². The smallest absolute Gasteiger partial charge is 0.339 e. The summed E-state index contributed by atoms with van der Waals surface area (Å²) in [5, 5.41) is 19.2. The zero-order valence-corrected chi connectivity index (χ0v) is 9.02. The van der Waals surface area contributed by atoms with Gasteiger partial charge >= 0.3 is 5.97 Å². The standard InChI is InChI=1S/C10H6BrNO3/c11-7-4-6(10(14)15)9(13)8-5(7)2-1-3-12-8/h1-4,13H,(H,14,15). The number of pyridine rings is 1. The molecule has 0 amide bonds. The van der Waals surface area contributed by atoms with Gasteiger partial charge in [-0.3, -0.25) is 4.98 Å². The van der Waals surface area contributed by atoms with Crippen molar-refractivity contribution in [2.45, 2.75) is 0 Å². The number of fused-ring (bicyclic) bond motifs is 1. The van der Waals surface area contributed by atoms with Crippen LogP contribution in [0.3, 0.4) is 0 Å². The molecule has 0 fully saturated rings. The highest BCUT2D eigenvalue weighted by molar-refractivity contribution is 9.10. The highest BCUT2D eigenvalue weighted by atomic mass is 79.9. The number of carboxylic acid groups (broad SMARTS) is 1. The molecule has 2 rings (SSSR count). The van der Waals surface area contributed by atoms with Crippen LogP contribution in [0, 0.1) is 0 Å². The van der Waals surface area contributed by atoms with E-state index in [0.29, 0.717) is 9.86 Å². The van der Waals surface area contributed by atoms with Crippen LogP contribution in [0.5, 0.6) is 5.75 Å². The Morgan fingerprint density at radius 3 is 2.87 bits per heavy atom. The monoisotopic (exact) mass is 267 g/mol. The Labute approximate surface area is 93.3 Å². The minimum atomic E-state index is -1.18. The Kier molecular flexibility index (Phi) is 2.32. The third-order valence-corrected chi connectivity index (χ3v) is 2.70. The number of halogens is 1. The molecule has 2 aromatic rings. The molecule has 2 N–H and O–H groups in total. The Bertz CT molecular complexity index is 554. The lowest BCUT2D eigenvalue weighted by molar-refractivity contribution is 0.0694. The molecular formula is C10H6BrNO3. The van der Waals surface area contributed by atoms with Gasteiger partial charge in [-0.2, -0.15) is 0 Å². The SMILES string of the molecule is O=C(O)c1cc(Br)c2cccnc2c1O. The second kappa shape index (κ2) is 3.51. The molecule has 0 aliphatic heterocycles. The fraction of sp³-hybridized carbons (Fsp3) is 0. The number of hydrogen-bond acceptors (Lipinski definition) is 3. The molecule has 0 bridgehead atoms. The second-order valence-electron chi connectivity index (χ2n) is 2.96. The molecule has 0 radical (unpaired) electrons. The number of carbonyl (C=O) groups is 1. The number of carboxylic acids is 1. The maximum absolute atomic E-state index is 10.8. The van der Waals surface area contributed by atoms with Crippen molar-refractivity contribution >= 4 is 32.8 Å². The molecule has 0 saturated heterocycles. The minimum Gasteiger partial charge on any atom is -0.505 e. The Hall–Kier alpha value is -1.62. The van der Waals surface area contributed by atoms with E-state index in [-0.39, 0.29) is 16.8 Å². The van der Waals surface area contributed by atoms with Crippen LogP contribution in [-0.4, -0.2) is 21.2 Å². The largest absolute Gasteiger partial charge is 0.505 e. The van der Waals surface area contributed by atoms with Crippen LogP contribution in [0.4, 0.5) is 0 Å². The van der Waals surface area contributed by atoms with Crippen LogP contribution < -0.4 is 0 Å². The fourth-order valence-electron chi connectivity index (χ4n) is 1.35. The molecule has 0 spiro atoms. The predicted octanol–water partition coefficient (Wildman–Crippen LogP) is 2.40. The van der Waals surface area contributed by atoms with Gasteiger partial charge in [0, 0.05) is 16.1 Å². The molecule has 15 heavy (non-hydrogen) atoms. The van der Waals surface area contributed by atoms with E-state index in [1.165, 1.54) is 12.3 Å². The zero-order valence-electron chi connectivity index (χ0n) is 7.44. The number of aromatic hydroxyl groups is 1. The third-order valence-electron chi connectivity index (χ3n) is 2.05. The maximum Gasteiger partial charge on any atom is 0.339 e. The van der Waals surface area contributed by atoms with E-state index in [2.05, 4.69) is 20.9 Å². The summed E-state index contributed by atoms with van der Waals surface area (Å²) in [6, 6.07) is 4.83. The highest BCUT2D eigenvalue weighted by Gasteiger charge is 2.15. The topological polar surface area (TPSA) is 70.4 Å². The number of hydrogen-bond donors (Lipinski definition) is 2. The average Bonchev–Trinajstić information content (AvgIpc) is 2.23. The first kappa shape index (κ1) is 9.92. The lowest BCUT2D eigenvalue weighted by atomic mass is 10.1. The van der Waals surface area contributed by atoms with Crippen molar-refractivity contribution in [3.05, 3.63) is 34.4 Å². The summed E-state index contributed by atoms with van der Waals surface area (Å²) in [7, 11) is 0. The fourth-order valence-corrected chi connectivity index (χ4v) is 1.90. The van der Waals surface area contributed by atoms with E-state index < -0.39 is 5.97 Å². The van der Waals surface area contributed by atoms with Crippen molar-refractivity contribution in [1.29, 1.82) is 0 Å². The normalized spacial score (nSPS) is 10.5. The van der Waals surface area contributed by atoms with E-state index >= 15 is 0 Å². The number of nitrogens with zero attached hydrogens (tertiary/aromatic N) is 1. The van der Waals surface area contributed by atoms with E-state index in [0.717, 1.165) is 0 Å². The number of aromatic carboxylic acids is 1. The van der Waals surface area contributed by atoms with E-state index in [1.54, 1.807) is 12.1 Å². The lowest BCUT2D eigenvalue weighted by Gasteiger charge is -2.05. The zero-order chi connectivity index (χ0) is 11.0. The van der Waals surface area contributed by atoms with Crippen LogP contribution in [-0.2, 0) is 0 Å². The number of phenols is 1. The van der Waals surface area contributed by atoms with Gasteiger partial charge in [-0.1, -0.05) is 22.0 Å². The predicted molar refractivity (Wildman–Crippen MR) is 58.1 cm³/mol. The van der Waals surface area contributed by atoms with Crippen molar-refractivity contribution in [2.75, 3.05) is 0 Å². The number of benzene rings is 1. The van der Waals surface area contributed by atoms with Gasteiger partial charge in [0.15, 0.2) is 5.75 Å². The quantitative estimate of drug-likeness (QED) is 0.833. The molecule has 1 aromatic heterocycles. The van der Waals surface area contributed by atoms with Gasteiger partial charge in [-0.05, 0) is 12.1 Å². The summed E-state index contributed by atoms with van der Waals surface area (Å²) >= 11 is 3.24. The molecule has 5 heteroatoms. The van der Waals surface area contributed by atoms with Crippen molar-refractivity contribution in [2.24, 2.45) is 0 Å². The van der Waals surface area contributed by atoms with Crippen LogP contribution in [0.1, 0.15) is 10.4 Å². The minimum absolute atomic E-state index is 0.159. The molecule has 0 unspecified atom stereocenters. The molecule has 76 valence electrons. The van der Waals surface area contributed by atoms with Gasteiger partial charge in [0.05, 0.1) is 0 Å². The summed E-state index contributed by atoms with van der Waals surface area (Å²) in [5.74, 6) is -1.48. The number of rotatable bonds is 1. The second-order valence-corrected chi connectivity index (χ2v) is 3.81. The van der Waals surface area contributed by atoms with Crippen LogP contribution >= 0.6 is 15.9 Å². The molecule has 0 atom stereocenters. The third kappa shape index (κ3) is 1.55. The first-order valence-electron chi connectivity index (χ1n) is 4.10. The lowest BCUT2D eigenvalue weighted by Crippen LogP contribution is -1.98. The molecule has 1 heterocycles. The van der Waals surface area contributed by atoms with Crippen molar-refractivity contribution < 1.29 is 15.0 Å². The highest BCUT2D eigenvalue weighted by Crippen LogP contribution is 2.32. The Morgan fingerprint density at radius 2 is 2.20 bits per heavy atom. The van der Waals surface area contributed by atoms with E-state index in [9.17, 15) is 9.90 Å². The first-order chi connectivity index (χ1) is 7.11. The Morgan fingerprint density at radius 1 is 1.47 bits per heavy atom.